The van der Waals surface area contributed by atoms with Crippen molar-refractivity contribution in [3.63, 3.8) is 0 Å². The number of anilines is 1. The molecule has 0 saturated heterocycles. The maximum Gasteiger partial charge on any atom is 0.311 e. The number of hydrogen-bond acceptors (Lipinski definition) is 6. The average Bonchev–Trinajstić information content (AvgIpc) is 3.07. The van der Waals surface area contributed by atoms with Gasteiger partial charge in [0.25, 0.3) is 0 Å². The summed E-state index contributed by atoms with van der Waals surface area (Å²) in [6.07, 6.45) is 0.855. The summed E-state index contributed by atoms with van der Waals surface area (Å²) in [5.74, 6) is -1.49. The molecule has 0 radical (unpaired) electrons. The number of esters is 1. The summed E-state index contributed by atoms with van der Waals surface area (Å²) >= 11 is 0. The molecule has 0 saturated carbocycles. The maximum atomic E-state index is 13.8. The largest absolute Gasteiger partial charge is 0.445 e. The number of ether oxygens (including phenoxy) is 2. The zero-order valence-corrected chi connectivity index (χ0v) is 17.2. The van der Waals surface area contributed by atoms with Crippen molar-refractivity contribution in [1.29, 1.82) is 0 Å². The number of nitrogens with two attached hydrogens (primary N) is 1. The van der Waals surface area contributed by atoms with Gasteiger partial charge in [-0.1, -0.05) is 45.0 Å². The number of ketones is 1. The number of benzene rings is 2. The minimum atomic E-state index is -1.63. The van der Waals surface area contributed by atoms with E-state index in [0.717, 1.165) is 5.56 Å². The monoisotopic (exact) mass is 394 g/mol. The summed E-state index contributed by atoms with van der Waals surface area (Å²) in [4.78, 5) is 26.4. The Balaban J connectivity index is 2.00. The molecule has 2 aromatic rings. The van der Waals surface area contributed by atoms with Crippen molar-refractivity contribution in [3.8, 4) is 5.75 Å². The molecule has 2 aliphatic rings. The molecular formula is C23H26N2O4. The van der Waals surface area contributed by atoms with Crippen LogP contribution < -0.4 is 15.8 Å². The zero-order chi connectivity index (χ0) is 21.0. The van der Waals surface area contributed by atoms with Crippen LogP contribution in [0, 0.1) is 0 Å². The van der Waals surface area contributed by atoms with Gasteiger partial charge in [0.2, 0.25) is 0 Å². The van der Waals surface area contributed by atoms with Crippen LogP contribution in [0.3, 0.4) is 0 Å². The highest BCUT2D eigenvalue weighted by atomic mass is 16.7. The molecule has 1 heterocycles. The Hall–Kier alpha value is -2.86. The normalized spacial score (nSPS) is 24.1. The lowest BCUT2D eigenvalue weighted by Crippen LogP contribution is -2.59. The van der Waals surface area contributed by atoms with Crippen molar-refractivity contribution in [2.45, 2.75) is 50.9 Å². The summed E-state index contributed by atoms with van der Waals surface area (Å²) in [6.45, 7) is 6.07. The van der Waals surface area contributed by atoms with E-state index >= 15 is 0 Å². The molecule has 152 valence electrons. The Morgan fingerprint density at radius 2 is 2.00 bits per heavy atom. The van der Waals surface area contributed by atoms with Crippen LogP contribution in [0.1, 0.15) is 66.6 Å². The molecule has 0 amide bonds. The fraction of sp³-hybridized carbons (Fsp3) is 0.391. The molecule has 2 atom stereocenters. The van der Waals surface area contributed by atoms with Gasteiger partial charge in [-0.15, -0.1) is 0 Å². The second-order valence-corrected chi connectivity index (χ2v) is 7.95. The molecule has 0 fully saturated rings. The van der Waals surface area contributed by atoms with Crippen LogP contribution in [0.25, 0.3) is 0 Å². The van der Waals surface area contributed by atoms with Crippen LogP contribution in [0.5, 0.6) is 5.75 Å². The van der Waals surface area contributed by atoms with Crippen molar-refractivity contribution in [2.75, 3.05) is 12.8 Å². The van der Waals surface area contributed by atoms with Crippen molar-refractivity contribution in [3.05, 3.63) is 58.7 Å². The molecule has 2 aromatic carbocycles. The van der Waals surface area contributed by atoms with Crippen LogP contribution in [0.4, 0.5) is 5.69 Å². The number of carbonyl (C=O) groups is 2. The highest BCUT2D eigenvalue weighted by Crippen LogP contribution is 2.61. The van der Waals surface area contributed by atoms with Gasteiger partial charge in [0.05, 0.1) is 11.1 Å². The van der Waals surface area contributed by atoms with Gasteiger partial charge in [-0.2, -0.15) is 0 Å². The van der Waals surface area contributed by atoms with E-state index in [2.05, 4.69) is 19.2 Å². The lowest BCUT2D eigenvalue weighted by atomic mass is 9.82. The fourth-order valence-electron chi connectivity index (χ4n) is 4.50. The third-order valence-corrected chi connectivity index (χ3v) is 5.93. The third-order valence-electron chi connectivity index (χ3n) is 5.93. The molecule has 29 heavy (non-hydrogen) atoms. The van der Waals surface area contributed by atoms with Gasteiger partial charge in [-0.25, -0.2) is 0 Å². The summed E-state index contributed by atoms with van der Waals surface area (Å²) in [5.41, 5.74) is 7.65. The Labute approximate surface area is 170 Å². The van der Waals surface area contributed by atoms with E-state index in [-0.39, 0.29) is 18.1 Å². The lowest BCUT2D eigenvalue weighted by Gasteiger charge is -2.37. The number of carbonyl (C=O) groups excluding carboxylic acids is 2. The molecule has 1 aliphatic carbocycles. The first kappa shape index (κ1) is 19.5. The van der Waals surface area contributed by atoms with Crippen molar-refractivity contribution >= 4 is 17.4 Å². The summed E-state index contributed by atoms with van der Waals surface area (Å²) in [6, 6.07) is 11.0. The van der Waals surface area contributed by atoms with Crippen LogP contribution in [0.2, 0.25) is 0 Å². The standard InChI is InChI=1S/C23H26N2O4/c1-5-7-19(26)29-23-16-8-6-9-17(24)20(16)21(27)22(23,25-4)15-11-10-14(13(2)3)12-18(15)28-23/h6,8-13,25H,5,7,24H2,1-4H3. The van der Waals surface area contributed by atoms with E-state index in [0.29, 0.717) is 34.5 Å². The van der Waals surface area contributed by atoms with Crippen LogP contribution in [0.15, 0.2) is 36.4 Å². The lowest BCUT2D eigenvalue weighted by molar-refractivity contribution is -0.215. The quantitative estimate of drug-likeness (QED) is 0.595. The Bertz CT molecular complexity index is 1020. The predicted octanol–water partition coefficient (Wildman–Crippen LogP) is 3.59. The smallest absolute Gasteiger partial charge is 0.311 e. The van der Waals surface area contributed by atoms with Gasteiger partial charge in [-0.3, -0.25) is 14.9 Å². The van der Waals surface area contributed by atoms with E-state index in [1.807, 2.05) is 25.1 Å². The minimum Gasteiger partial charge on any atom is -0.445 e. The van der Waals surface area contributed by atoms with Gasteiger partial charge >= 0.3 is 11.8 Å². The first-order valence-corrected chi connectivity index (χ1v) is 10.00. The number of hydrogen-bond donors (Lipinski definition) is 2. The summed E-state index contributed by atoms with van der Waals surface area (Å²) in [5, 5.41) is 3.15. The van der Waals surface area contributed by atoms with Gasteiger partial charge in [0.1, 0.15) is 5.75 Å². The van der Waals surface area contributed by atoms with Crippen molar-refractivity contribution in [2.24, 2.45) is 0 Å². The molecule has 1 aliphatic heterocycles. The molecule has 0 spiro atoms. The molecular weight excluding hydrogens is 368 g/mol. The topological polar surface area (TPSA) is 90.6 Å². The fourth-order valence-corrected chi connectivity index (χ4v) is 4.50. The maximum absolute atomic E-state index is 13.8. The highest BCUT2D eigenvalue weighted by molar-refractivity contribution is 6.14. The van der Waals surface area contributed by atoms with Crippen LogP contribution >= 0.6 is 0 Å². The van der Waals surface area contributed by atoms with Crippen LogP contribution in [-0.2, 0) is 20.9 Å². The second-order valence-electron chi connectivity index (χ2n) is 7.95. The zero-order valence-electron chi connectivity index (χ0n) is 17.2. The van der Waals surface area contributed by atoms with E-state index in [4.69, 9.17) is 15.2 Å². The number of fused-ring (bicyclic) bond motifs is 5. The molecule has 6 heteroatoms. The first-order chi connectivity index (χ1) is 13.8. The summed E-state index contributed by atoms with van der Waals surface area (Å²) < 4.78 is 12.4. The van der Waals surface area contributed by atoms with E-state index in [1.54, 1.807) is 25.2 Å². The number of likely N-dealkylation sites (N-methyl/N-ethyl adjacent to an activating group) is 1. The molecule has 0 aromatic heterocycles. The highest BCUT2D eigenvalue weighted by Gasteiger charge is 2.73. The number of rotatable bonds is 5. The van der Waals surface area contributed by atoms with Gasteiger partial charge in [0.15, 0.2) is 11.3 Å². The SMILES string of the molecule is CCCC(=O)OC12Oc3cc(C(C)C)ccc3C1(NC)C(=O)c1c(N)cccc12. The Kier molecular flexibility index (Phi) is 4.42. The first-order valence-electron chi connectivity index (χ1n) is 10.00. The van der Waals surface area contributed by atoms with E-state index in [9.17, 15) is 9.59 Å². The Morgan fingerprint density at radius 3 is 2.66 bits per heavy atom. The van der Waals surface area contributed by atoms with Gasteiger partial charge in [-0.05, 0) is 37.1 Å². The minimum absolute atomic E-state index is 0.227. The number of nitrogen functional groups attached to an aromatic ring is 1. The van der Waals surface area contributed by atoms with Gasteiger partial charge < -0.3 is 15.2 Å². The summed E-state index contributed by atoms with van der Waals surface area (Å²) in [7, 11) is 1.68. The second kappa shape index (κ2) is 6.59. The van der Waals surface area contributed by atoms with Crippen molar-refractivity contribution in [1.82, 2.24) is 5.32 Å². The molecule has 2 unspecified atom stereocenters. The van der Waals surface area contributed by atoms with Gasteiger partial charge in [0, 0.05) is 17.7 Å². The number of nitrogens with one attached hydrogen (secondary N) is 1. The third kappa shape index (κ3) is 2.38. The van der Waals surface area contributed by atoms with E-state index in [1.165, 1.54) is 0 Å². The molecule has 0 bridgehead atoms. The van der Waals surface area contributed by atoms with Crippen LogP contribution in [-0.4, -0.2) is 18.8 Å². The number of Topliss-reactive ketones (excluding diaryl/α,β-unsaturated/α-hetero) is 1. The molecule has 6 nitrogen and oxygen atoms in total. The molecule has 4 rings (SSSR count). The predicted molar refractivity (Wildman–Crippen MR) is 110 cm³/mol. The van der Waals surface area contributed by atoms with Crippen molar-refractivity contribution < 1.29 is 19.1 Å². The Morgan fingerprint density at radius 1 is 1.24 bits per heavy atom. The van der Waals surface area contributed by atoms with E-state index < -0.39 is 17.3 Å². The molecule has 3 N–H and O–H groups in total. The average molecular weight is 394 g/mol.